The van der Waals surface area contributed by atoms with E-state index in [4.69, 9.17) is 5.11 Å². The fraction of sp³-hybridized carbons (Fsp3) is 0.538. The molecule has 2 unspecified atom stereocenters. The van der Waals surface area contributed by atoms with Gasteiger partial charge in [0.05, 0.1) is 5.69 Å². The molecule has 0 spiro atoms. The van der Waals surface area contributed by atoms with Crippen molar-refractivity contribution in [1.29, 1.82) is 0 Å². The van der Waals surface area contributed by atoms with E-state index in [1.54, 1.807) is 17.9 Å². The van der Waals surface area contributed by atoms with Crippen molar-refractivity contribution in [3.8, 4) is 0 Å². The molecule has 2 amide bonds. The number of thioether (sulfide) groups is 1. The first kappa shape index (κ1) is 14.8. The Bertz CT molecular complexity index is 529. The third-order valence-electron chi connectivity index (χ3n) is 3.55. The smallest absolute Gasteiger partial charge is 0.354 e. The Balaban J connectivity index is 2.13. The van der Waals surface area contributed by atoms with Crippen LogP contribution in [0.4, 0.5) is 10.5 Å². The summed E-state index contributed by atoms with van der Waals surface area (Å²) in [5.74, 6) is -0.180. The van der Waals surface area contributed by atoms with Gasteiger partial charge in [0.15, 0.2) is 0 Å². The van der Waals surface area contributed by atoms with E-state index in [1.807, 2.05) is 18.7 Å². The number of H-pyrrole nitrogens is 1. The highest BCUT2D eigenvalue weighted by Gasteiger charge is 2.29. The molecule has 2 rings (SSSR count). The Morgan fingerprint density at radius 2 is 2.20 bits per heavy atom. The molecule has 1 aliphatic heterocycles. The summed E-state index contributed by atoms with van der Waals surface area (Å²) in [5.41, 5.74) is 1.04. The van der Waals surface area contributed by atoms with Crippen LogP contribution in [0.2, 0.25) is 0 Å². The first-order valence-corrected chi connectivity index (χ1v) is 7.57. The van der Waals surface area contributed by atoms with Crippen LogP contribution in [0.3, 0.4) is 0 Å². The number of aromatic carboxylic acids is 1. The molecule has 0 aromatic carbocycles. The van der Waals surface area contributed by atoms with E-state index in [0.29, 0.717) is 23.2 Å². The van der Waals surface area contributed by atoms with Gasteiger partial charge in [-0.2, -0.15) is 11.8 Å². The highest BCUT2D eigenvalue weighted by atomic mass is 32.2. The van der Waals surface area contributed by atoms with Crippen molar-refractivity contribution in [3.05, 3.63) is 17.5 Å². The van der Waals surface area contributed by atoms with Gasteiger partial charge >= 0.3 is 12.0 Å². The lowest BCUT2D eigenvalue weighted by Crippen LogP contribution is -2.49. The number of carboxylic acid groups (broad SMARTS) is 1. The van der Waals surface area contributed by atoms with Gasteiger partial charge in [0.1, 0.15) is 5.69 Å². The standard InChI is InChI=1S/C13H19N3O3S/c1-7-6-10(11(14-7)12(17)18)15-13(19)16-4-5-20-9(3)8(16)2/h6,8-9,14H,4-5H2,1-3H3,(H,15,19)(H,17,18). The largest absolute Gasteiger partial charge is 0.477 e. The molecule has 0 aliphatic carbocycles. The van der Waals surface area contributed by atoms with Gasteiger partial charge in [-0.05, 0) is 19.9 Å². The molecule has 6 nitrogen and oxygen atoms in total. The molecule has 1 saturated heterocycles. The van der Waals surface area contributed by atoms with Crippen molar-refractivity contribution in [3.63, 3.8) is 0 Å². The van der Waals surface area contributed by atoms with Crippen molar-refractivity contribution < 1.29 is 14.7 Å². The number of aromatic nitrogens is 1. The predicted octanol–water partition coefficient (Wildman–Crippen LogP) is 2.38. The lowest BCUT2D eigenvalue weighted by atomic mass is 10.2. The van der Waals surface area contributed by atoms with Crippen molar-refractivity contribution >= 4 is 29.4 Å². The van der Waals surface area contributed by atoms with Gasteiger partial charge in [-0.3, -0.25) is 0 Å². The molecule has 2 atom stereocenters. The van der Waals surface area contributed by atoms with Gasteiger partial charge in [0.2, 0.25) is 0 Å². The van der Waals surface area contributed by atoms with Gasteiger partial charge in [-0.25, -0.2) is 9.59 Å². The third kappa shape index (κ3) is 2.92. The number of nitrogens with zero attached hydrogens (tertiary/aromatic N) is 1. The van der Waals surface area contributed by atoms with E-state index in [9.17, 15) is 9.59 Å². The molecule has 3 N–H and O–H groups in total. The molecule has 7 heteroatoms. The number of carboxylic acids is 1. The van der Waals surface area contributed by atoms with Gasteiger partial charge in [0.25, 0.3) is 0 Å². The summed E-state index contributed by atoms with van der Waals surface area (Å²) in [6.45, 7) is 6.53. The van der Waals surface area contributed by atoms with Gasteiger partial charge in [-0.1, -0.05) is 6.92 Å². The van der Waals surface area contributed by atoms with Crippen LogP contribution < -0.4 is 5.32 Å². The third-order valence-corrected chi connectivity index (χ3v) is 4.89. The van der Waals surface area contributed by atoms with Crippen molar-refractivity contribution in [2.45, 2.75) is 32.1 Å². The molecule has 1 fully saturated rings. The highest BCUT2D eigenvalue weighted by molar-refractivity contribution is 8.00. The number of urea groups is 1. The Labute approximate surface area is 121 Å². The van der Waals surface area contributed by atoms with E-state index < -0.39 is 5.97 Å². The van der Waals surface area contributed by atoms with E-state index in [-0.39, 0.29) is 17.8 Å². The number of rotatable bonds is 2. The second-order valence-electron chi connectivity index (χ2n) is 4.99. The Morgan fingerprint density at radius 3 is 2.85 bits per heavy atom. The Kier molecular flexibility index (Phi) is 4.27. The first-order valence-electron chi connectivity index (χ1n) is 6.52. The summed E-state index contributed by atoms with van der Waals surface area (Å²) >= 11 is 1.84. The van der Waals surface area contributed by atoms with E-state index in [0.717, 1.165) is 5.75 Å². The summed E-state index contributed by atoms with van der Waals surface area (Å²) in [5, 5.41) is 12.2. The number of anilines is 1. The average Bonchev–Trinajstić information content (AvgIpc) is 2.73. The lowest BCUT2D eigenvalue weighted by Gasteiger charge is -2.37. The summed E-state index contributed by atoms with van der Waals surface area (Å²) in [7, 11) is 0. The van der Waals surface area contributed by atoms with E-state index >= 15 is 0 Å². The second kappa shape index (κ2) is 5.78. The molecular formula is C13H19N3O3S. The van der Waals surface area contributed by atoms with Crippen LogP contribution in [-0.4, -0.2) is 50.6 Å². The molecule has 0 radical (unpaired) electrons. The summed E-state index contributed by atoms with van der Waals surface area (Å²) in [4.78, 5) is 27.9. The molecule has 1 aromatic rings. The Morgan fingerprint density at radius 1 is 1.50 bits per heavy atom. The summed E-state index contributed by atoms with van der Waals surface area (Å²) in [6.07, 6.45) is 0. The average molecular weight is 297 g/mol. The van der Waals surface area contributed by atoms with Gasteiger partial charge in [0, 0.05) is 29.3 Å². The molecule has 2 heterocycles. The van der Waals surface area contributed by atoms with Crippen LogP contribution in [-0.2, 0) is 0 Å². The molecule has 110 valence electrons. The van der Waals surface area contributed by atoms with Crippen molar-refractivity contribution in [2.75, 3.05) is 17.6 Å². The number of amides is 2. The zero-order valence-corrected chi connectivity index (χ0v) is 12.6. The number of aromatic amines is 1. The molecule has 1 aliphatic rings. The number of carbonyl (C=O) groups excluding carboxylic acids is 1. The summed E-state index contributed by atoms with van der Waals surface area (Å²) in [6, 6.07) is 1.52. The second-order valence-corrected chi connectivity index (χ2v) is 6.47. The zero-order chi connectivity index (χ0) is 14.9. The predicted molar refractivity (Wildman–Crippen MR) is 79.6 cm³/mol. The minimum Gasteiger partial charge on any atom is -0.477 e. The zero-order valence-electron chi connectivity index (χ0n) is 11.8. The number of hydrogen-bond acceptors (Lipinski definition) is 3. The number of aryl methyl sites for hydroxylation is 1. The number of carbonyl (C=O) groups is 2. The van der Waals surface area contributed by atoms with Crippen molar-refractivity contribution in [2.24, 2.45) is 0 Å². The SMILES string of the molecule is Cc1cc(NC(=O)N2CCSC(C)C2C)c(C(=O)O)[nH]1. The maximum absolute atomic E-state index is 12.3. The van der Waals surface area contributed by atoms with Crippen LogP contribution in [0.15, 0.2) is 6.07 Å². The Hall–Kier alpha value is -1.63. The normalized spacial score (nSPS) is 22.6. The van der Waals surface area contributed by atoms with Crippen molar-refractivity contribution in [1.82, 2.24) is 9.88 Å². The van der Waals surface area contributed by atoms with Gasteiger partial charge < -0.3 is 20.3 Å². The monoisotopic (exact) mass is 297 g/mol. The molecular weight excluding hydrogens is 278 g/mol. The van der Waals surface area contributed by atoms with Crippen LogP contribution in [0, 0.1) is 6.92 Å². The molecule has 20 heavy (non-hydrogen) atoms. The molecule has 1 aromatic heterocycles. The topological polar surface area (TPSA) is 85.4 Å². The minimum absolute atomic E-state index is 0.0166. The fourth-order valence-corrected chi connectivity index (χ4v) is 3.36. The summed E-state index contributed by atoms with van der Waals surface area (Å²) < 4.78 is 0. The first-order chi connectivity index (χ1) is 9.40. The van der Waals surface area contributed by atoms with Crippen LogP contribution >= 0.6 is 11.8 Å². The van der Waals surface area contributed by atoms with E-state index in [1.165, 1.54) is 0 Å². The van der Waals surface area contributed by atoms with Gasteiger partial charge in [-0.15, -0.1) is 0 Å². The van der Waals surface area contributed by atoms with Crippen LogP contribution in [0.25, 0.3) is 0 Å². The quantitative estimate of drug-likeness (QED) is 0.782. The highest BCUT2D eigenvalue weighted by Crippen LogP contribution is 2.25. The molecule has 0 saturated carbocycles. The van der Waals surface area contributed by atoms with E-state index in [2.05, 4.69) is 17.2 Å². The van der Waals surface area contributed by atoms with Crippen LogP contribution in [0.5, 0.6) is 0 Å². The maximum atomic E-state index is 12.3. The lowest BCUT2D eigenvalue weighted by molar-refractivity contribution is 0.0692. The fourth-order valence-electron chi connectivity index (χ4n) is 2.26. The molecule has 0 bridgehead atoms. The van der Waals surface area contributed by atoms with Crippen LogP contribution in [0.1, 0.15) is 30.0 Å². The number of hydrogen-bond donors (Lipinski definition) is 3. The number of nitrogens with one attached hydrogen (secondary N) is 2. The maximum Gasteiger partial charge on any atom is 0.354 e. The minimum atomic E-state index is -1.08.